The van der Waals surface area contributed by atoms with Crippen LogP contribution in [0.15, 0.2) is 0 Å². The molecule has 2 N–H and O–H groups in total. The van der Waals surface area contributed by atoms with Crippen molar-refractivity contribution in [2.24, 2.45) is 5.73 Å². The summed E-state index contributed by atoms with van der Waals surface area (Å²) < 4.78 is 5.38. The molecule has 0 aromatic carbocycles. The zero-order valence-electron chi connectivity index (χ0n) is 9.87. The molecule has 0 aromatic heterocycles. The second kappa shape index (κ2) is 4.81. The van der Waals surface area contributed by atoms with Crippen molar-refractivity contribution < 1.29 is 4.74 Å². The van der Waals surface area contributed by atoms with Crippen molar-refractivity contribution in [1.29, 1.82) is 0 Å². The molecule has 0 bridgehead atoms. The van der Waals surface area contributed by atoms with Crippen LogP contribution in [0, 0.1) is 0 Å². The summed E-state index contributed by atoms with van der Waals surface area (Å²) in [7, 11) is 0. The summed E-state index contributed by atoms with van der Waals surface area (Å²) in [5.41, 5.74) is 6.46. The van der Waals surface area contributed by atoms with Gasteiger partial charge in [0.1, 0.15) is 0 Å². The molecule has 88 valence electrons. The molecule has 3 heteroatoms. The highest BCUT2D eigenvalue weighted by Crippen LogP contribution is 2.30. The molecular weight excluding hydrogens is 188 g/mol. The number of hydrogen-bond acceptors (Lipinski definition) is 3. The lowest BCUT2D eigenvalue weighted by Crippen LogP contribution is -2.54. The van der Waals surface area contributed by atoms with Crippen LogP contribution in [0.25, 0.3) is 0 Å². The minimum absolute atomic E-state index is 0.0238. The van der Waals surface area contributed by atoms with Crippen molar-refractivity contribution >= 4 is 0 Å². The number of rotatable bonds is 5. The molecule has 0 unspecified atom stereocenters. The van der Waals surface area contributed by atoms with Gasteiger partial charge in [-0.1, -0.05) is 6.92 Å². The zero-order valence-corrected chi connectivity index (χ0v) is 9.87. The van der Waals surface area contributed by atoms with Crippen molar-refractivity contribution in [2.45, 2.75) is 50.6 Å². The van der Waals surface area contributed by atoms with E-state index in [0.717, 1.165) is 38.6 Å². The predicted octanol–water partition coefficient (Wildman–Crippen LogP) is 1.37. The third-order valence-electron chi connectivity index (χ3n) is 3.58. The Hall–Kier alpha value is -0.120. The van der Waals surface area contributed by atoms with E-state index in [-0.39, 0.29) is 5.54 Å². The van der Waals surface area contributed by atoms with Gasteiger partial charge in [-0.2, -0.15) is 0 Å². The number of ether oxygens (including phenoxy) is 1. The normalized spacial score (nSPS) is 25.8. The van der Waals surface area contributed by atoms with Gasteiger partial charge >= 0.3 is 0 Å². The van der Waals surface area contributed by atoms with E-state index in [2.05, 4.69) is 11.8 Å². The molecule has 2 fully saturated rings. The van der Waals surface area contributed by atoms with Crippen LogP contribution in [0.4, 0.5) is 0 Å². The highest BCUT2D eigenvalue weighted by molar-refractivity contribution is 4.94. The van der Waals surface area contributed by atoms with Gasteiger partial charge < -0.3 is 10.5 Å². The van der Waals surface area contributed by atoms with Crippen LogP contribution in [0.5, 0.6) is 0 Å². The van der Waals surface area contributed by atoms with Gasteiger partial charge in [-0.05, 0) is 38.6 Å². The summed E-state index contributed by atoms with van der Waals surface area (Å²) in [5, 5.41) is 0. The quantitative estimate of drug-likeness (QED) is 0.748. The summed E-state index contributed by atoms with van der Waals surface area (Å²) in [5.74, 6) is 0. The van der Waals surface area contributed by atoms with Gasteiger partial charge in [0.15, 0.2) is 0 Å². The Morgan fingerprint density at radius 1 is 1.33 bits per heavy atom. The molecule has 0 aromatic rings. The Kier molecular flexibility index (Phi) is 3.65. The zero-order chi connectivity index (χ0) is 10.7. The Morgan fingerprint density at radius 3 is 2.53 bits per heavy atom. The van der Waals surface area contributed by atoms with Crippen LogP contribution in [0.3, 0.4) is 0 Å². The minimum atomic E-state index is 0.0238. The first-order valence-corrected chi connectivity index (χ1v) is 6.34. The van der Waals surface area contributed by atoms with E-state index in [1.54, 1.807) is 0 Å². The molecule has 3 nitrogen and oxygen atoms in total. The van der Waals surface area contributed by atoms with Crippen molar-refractivity contribution in [3.05, 3.63) is 0 Å². The van der Waals surface area contributed by atoms with E-state index in [9.17, 15) is 0 Å². The second-order valence-electron chi connectivity index (χ2n) is 5.18. The Balaban J connectivity index is 1.85. The van der Waals surface area contributed by atoms with Gasteiger partial charge in [-0.3, -0.25) is 4.90 Å². The summed E-state index contributed by atoms with van der Waals surface area (Å²) in [6.45, 7) is 6.24. The van der Waals surface area contributed by atoms with Crippen molar-refractivity contribution in [3.8, 4) is 0 Å². The average molecular weight is 212 g/mol. The monoisotopic (exact) mass is 212 g/mol. The summed E-state index contributed by atoms with van der Waals surface area (Å²) in [6, 6.07) is 0.841. The molecule has 1 heterocycles. The smallest absolute Gasteiger partial charge is 0.0484 e. The molecule has 15 heavy (non-hydrogen) atoms. The van der Waals surface area contributed by atoms with Crippen molar-refractivity contribution in [2.75, 3.05) is 26.3 Å². The maximum atomic E-state index is 6.43. The van der Waals surface area contributed by atoms with E-state index >= 15 is 0 Å². The molecule has 2 aliphatic rings. The first-order valence-electron chi connectivity index (χ1n) is 6.34. The van der Waals surface area contributed by atoms with Crippen molar-refractivity contribution in [1.82, 2.24) is 4.90 Å². The maximum Gasteiger partial charge on any atom is 0.0484 e. The van der Waals surface area contributed by atoms with Gasteiger partial charge in [-0.15, -0.1) is 0 Å². The van der Waals surface area contributed by atoms with E-state index < -0.39 is 0 Å². The van der Waals surface area contributed by atoms with Gasteiger partial charge in [0, 0.05) is 31.3 Å². The molecule has 0 radical (unpaired) electrons. The number of nitrogens with two attached hydrogens (primary N) is 1. The molecule has 2 rings (SSSR count). The van der Waals surface area contributed by atoms with Crippen LogP contribution >= 0.6 is 0 Å². The first kappa shape index (κ1) is 11.4. The lowest BCUT2D eigenvalue weighted by Gasteiger charge is -2.38. The van der Waals surface area contributed by atoms with E-state index in [1.165, 1.54) is 25.8 Å². The number of nitrogens with zero attached hydrogens (tertiary/aromatic N) is 1. The largest absolute Gasteiger partial charge is 0.381 e. The van der Waals surface area contributed by atoms with E-state index in [1.807, 2.05) is 0 Å². The lowest BCUT2D eigenvalue weighted by molar-refractivity contribution is 0.0363. The fraction of sp³-hybridized carbons (Fsp3) is 1.00. The Morgan fingerprint density at radius 2 is 2.00 bits per heavy atom. The minimum Gasteiger partial charge on any atom is -0.381 e. The van der Waals surface area contributed by atoms with Crippen LogP contribution < -0.4 is 5.73 Å². The SMILES string of the molecule is CCCN(CC1(N)CCOCC1)C1CC1. The third kappa shape index (κ3) is 3.16. The number of hydrogen-bond donors (Lipinski definition) is 1. The molecule has 0 spiro atoms. The van der Waals surface area contributed by atoms with E-state index in [0.29, 0.717) is 0 Å². The molecular formula is C12H24N2O. The average Bonchev–Trinajstić information content (AvgIpc) is 3.01. The van der Waals surface area contributed by atoms with Gasteiger partial charge in [0.05, 0.1) is 0 Å². The van der Waals surface area contributed by atoms with Crippen molar-refractivity contribution in [3.63, 3.8) is 0 Å². The Labute approximate surface area is 93.0 Å². The fourth-order valence-corrected chi connectivity index (χ4v) is 2.46. The van der Waals surface area contributed by atoms with Crippen LogP contribution in [-0.2, 0) is 4.74 Å². The summed E-state index contributed by atoms with van der Waals surface area (Å²) in [4.78, 5) is 2.60. The maximum absolute atomic E-state index is 6.43. The third-order valence-corrected chi connectivity index (χ3v) is 3.58. The molecule has 1 aliphatic heterocycles. The molecule has 1 saturated carbocycles. The molecule has 0 atom stereocenters. The predicted molar refractivity (Wildman–Crippen MR) is 61.9 cm³/mol. The fourth-order valence-electron chi connectivity index (χ4n) is 2.46. The Bertz CT molecular complexity index is 198. The lowest BCUT2D eigenvalue weighted by atomic mass is 9.90. The highest BCUT2D eigenvalue weighted by atomic mass is 16.5. The van der Waals surface area contributed by atoms with Crippen LogP contribution in [0.2, 0.25) is 0 Å². The van der Waals surface area contributed by atoms with Crippen LogP contribution in [0.1, 0.15) is 39.0 Å². The highest BCUT2D eigenvalue weighted by Gasteiger charge is 2.35. The van der Waals surface area contributed by atoms with Crippen LogP contribution in [-0.4, -0.2) is 42.8 Å². The van der Waals surface area contributed by atoms with Gasteiger partial charge in [0.2, 0.25) is 0 Å². The van der Waals surface area contributed by atoms with E-state index in [4.69, 9.17) is 10.5 Å². The molecule has 1 aliphatic carbocycles. The molecule has 1 saturated heterocycles. The topological polar surface area (TPSA) is 38.5 Å². The summed E-state index contributed by atoms with van der Waals surface area (Å²) >= 11 is 0. The first-order chi connectivity index (χ1) is 7.23. The van der Waals surface area contributed by atoms with Gasteiger partial charge in [-0.25, -0.2) is 0 Å². The van der Waals surface area contributed by atoms with Gasteiger partial charge in [0.25, 0.3) is 0 Å². The second-order valence-corrected chi connectivity index (χ2v) is 5.18. The molecule has 0 amide bonds. The summed E-state index contributed by atoms with van der Waals surface area (Å²) in [6.07, 6.45) is 6.06. The standard InChI is InChI=1S/C12H24N2O/c1-2-7-14(11-3-4-11)10-12(13)5-8-15-9-6-12/h11H,2-10,13H2,1H3.